The largest absolute Gasteiger partial charge is 0.495 e. The van der Waals surface area contributed by atoms with Crippen LogP contribution >= 0.6 is 23.2 Å². The first-order valence-electron chi connectivity index (χ1n) is 4.09. The Balaban J connectivity index is 3.14. The first kappa shape index (κ1) is 11.6. The van der Waals surface area contributed by atoms with Crippen LogP contribution in [0.3, 0.4) is 0 Å². The summed E-state index contributed by atoms with van der Waals surface area (Å²) in [6.07, 6.45) is 0. The second-order valence-electron chi connectivity index (χ2n) is 2.90. The average Bonchev–Trinajstić information content (AvgIpc) is 2.19. The van der Waals surface area contributed by atoms with Crippen LogP contribution in [0.1, 0.15) is 18.5 Å². The molecular weight excluding hydrogens is 223 g/mol. The summed E-state index contributed by atoms with van der Waals surface area (Å²) in [5.41, 5.74) is 3.45. The third-order valence-electron chi connectivity index (χ3n) is 1.99. The molecule has 0 aliphatic heterocycles. The predicted octanol–water partition coefficient (Wildman–Crippen LogP) is 2.53. The Labute approximate surface area is 93.1 Å². The molecule has 0 heterocycles. The normalized spacial score (nSPS) is 12.6. The molecular formula is C9H12Cl2N2O. The van der Waals surface area contributed by atoms with Crippen molar-refractivity contribution >= 4 is 23.2 Å². The highest BCUT2D eigenvalue weighted by Gasteiger charge is 2.12. The second-order valence-corrected chi connectivity index (χ2v) is 3.71. The van der Waals surface area contributed by atoms with Crippen molar-refractivity contribution in [3.05, 3.63) is 27.7 Å². The van der Waals surface area contributed by atoms with Crippen molar-refractivity contribution in [2.75, 3.05) is 7.11 Å². The number of hydrazine groups is 1. The lowest BCUT2D eigenvalue weighted by Gasteiger charge is -2.14. The van der Waals surface area contributed by atoms with Gasteiger partial charge in [-0.3, -0.25) is 11.3 Å². The van der Waals surface area contributed by atoms with Gasteiger partial charge in [0.1, 0.15) is 5.75 Å². The number of hydrogen-bond donors (Lipinski definition) is 2. The summed E-state index contributed by atoms with van der Waals surface area (Å²) in [5.74, 6) is 5.87. The minimum atomic E-state index is -0.0501. The summed E-state index contributed by atoms with van der Waals surface area (Å²) in [7, 11) is 1.54. The molecule has 1 atom stereocenters. The van der Waals surface area contributed by atoms with Crippen LogP contribution in [0, 0.1) is 0 Å². The Morgan fingerprint density at radius 3 is 2.50 bits per heavy atom. The van der Waals surface area contributed by atoms with Gasteiger partial charge in [0.15, 0.2) is 0 Å². The molecule has 1 aromatic rings. The maximum absolute atomic E-state index is 6.02. The van der Waals surface area contributed by atoms with Crippen LogP contribution in [0.2, 0.25) is 10.0 Å². The Morgan fingerprint density at radius 1 is 1.36 bits per heavy atom. The lowest BCUT2D eigenvalue weighted by atomic mass is 10.1. The van der Waals surface area contributed by atoms with E-state index in [1.54, 1.807) is 19.2 Å². The standard InChI is InChI=1S/C9H12Cl2N2O/c1-5(13-12)6-3-8(11)9(14-2)4-7(6)10/h3-5,13H,12H2,1-2H3. The molecule has 1 unspecified atom stereocenters. The Bertz CT molecular complexity index is 331. The van der Waals surface area contributed by atoms with Crippen LogP contribution in [-0.2, 0) is 0 Å². The van der Waals surface area contributed by atoms with E-state index < -0.39 is 0 Å². The summed E-state index contributed by atoms with van der Waals surface area (Å²) in [4.78, 5) is 0. The van der Waals surface area contributed by atoms with Crippen LogP contribution in [0.5, 0.6) is 5.75 Å². The van der Waals surface area contributed by atoms with Gasteiger partial charge in [0.25, 0.3) is 0 Å². The predicted molar refractivity (Wildman–Crippen MR) is 58.8 cm³/mol. The molecule has 14 heavy (non-hydrogen) atoms. The molecule has 78 valence electrons. The number of rotatable bonds is 3. The minimum Gasteiger partial charge on any atom is -0.495 e. The van der Waals surface area contributed by atoms with Gasteiger partial charge < -0.3 is 4.74 Å². The molecule has 0 amide bonds. The molecule has 1 rings (SSSR count). The Morgan fingerprint density at radius 2 is 2.00 bits per heavy atom. The van der Waals surface area contributed by atoms with Gasteiger partial charge in [-0.05, 0) is 18.6 Å². The number of benzene rings is 1. The van der Waals surface area contributed by atoms with E-state index in [2.05, 4.69) is 5.43 Å². The zero-order chi connectivity index (χ0) is 10.7. The Kier molecular flexibility index (Phi) is 4.01. The van der Waals surface area contributed by atoms with E-state index in [0.717, 1.165) is 5.56 Å². The SMILES string of the molecule is COc1cc(Cl)c(C(C)NN)cc1Cl. The number of ether oxygens (including phenoxy) is 1. The minimum absolute atomic E-state index is 0.0501. The van der Waals surface area contributed by atoms with Crippen molar-refractivity contribution in [2.24, 2.45) is 5.84 Å². The fourth-order valence-electron chi connectivity index (χ4n) is 1.12. The maximum Gasteiger partial charge on any atom is 0.138 e. The third kappa shape index (κ3) is 2.30. The highest BCUT2D eigenvalue weighted by molar-refractivity contribution is 6.34. The lowest BCUT2D eigenvalue weighted by Crippen LogP contribution is -2.25. The van der Waals surface area contributed by atoms with Crippen molar-refractivity contribution in [3.8, 4) is 5.75 Å². The molecule has 0 bridgehead atoms. The van der Waals surface area contributed by atoms with Gasteiger partial charge in [-0.2, -0.15) is 0 Å². The van der Waals surface area contributed by atoms with E-state index in [1.807, 2.05) is 6.92 Å². The van der Waals surface area contributed by atoms with Crippen LogP contribution in [-0.4, -0.2) is 7.11 Å². The highest BCUT2D eigenvalue weighted by atomic mass is 35.5. The quantitative estimate of drug-likeness (QED) is 0.625. The first-order valence-corrected chi connectivity index (χ1v) is 4.84. The monoisotopic (exact) mass is 234 g/mol. The van der Waals surface area contributed by atoms with Gasteiger partial charge in [0.05, 0.1) is 12.1 Å². The van der Waals surface area contributed by atoms with Gasteiger partial charge in [-0.1, -0.05) is 23.2 Å². The van der Waals surface area contributed by atoms with Crippen molar-refractivity contribution < 1.29 is 4.74 Å². The van der Waals surface area contributed by atoms with Gasteiger partial charge in [0.2, 0.25) is 0 Å². The maximum atomic E-state index is 6.02. The molecule has 0 fully saturated rings. The highest BCUT2D eigenvalue weighted by Crippen LogP contribution is 2.33. The molecule has 0 spiro atoms. The number of nitrogens with two attached hydrogens (primary N) is 1. The van der Waals surface area contributed by atoms with Crippen molar-refractivity contribution in [2.45, 2.75) is 13.0 Å². The van der Waals surface area contributed by atoms with Crippen LogP contribution in [0.4, 0.5) is 0 Å². The topological polar surface area (TPSA) is 47.3 Å². The van der Waals surface area contributed by atoms with Gasteiger partial charge in [-0.25, -0.2) is 0 Å². The average molecular weight is 235 g/mol. The number of hydrogen-bond acceptors (Lipinski definition) is 3. The smallest absolute Gasteiger partial charge is 0.138 e. The second kappa shape index (κ2) is 4.84. The van der Waals surface area contributed by atoms with Crippen molar-refractivity contribution in [1.82, 2.24) is 5.43 Å². The van der Waals surface area contributed by atoms with Crippen molar-refractivity contribution in [3.63, 3.8) is 0 Å². The van der Waals surface area contributed by atoms with Gasteiger partial charge in [-0.15, -0.1) is 0 Å². The first-order chi connectivity index (χ1) is 6.60. The van der Waals surface area contributed by atoms with E-state index in [1.165, 1.54) is 0 Å². The summed E-state index contributed by atoms with van der Waals surface area (Å²) in [6, 6.07) is 3.37. The summed E-state index contributed by atoms with van der Waals surface area (Å²) in [6.45, 7) is 1.89. The van der Waals surface area contributed by atoms with Crippen LogP contribution in [0.15, 0.2) is 12.1 Å². The molecule has 1 aromatic carbocycles. The summed E-state index contributed by atoms with van der Waals surface area (Å²) in [5, 5.41) is 1.10. The van der Waals surface area contributed by atoms with Gasteiger partial charge >= 0.3 is 0 Å². The van der Waals surface area contributed by atoms with E-state index in [0.29, 0.717) is 15.8 Å². The van der Waals surface area contributed by atoms with E-state index in [-0.39, 0.29) is 6.04 Å². The van der Waals surface area contributed by atoms with Crippen LogP contribution < -0.4 is 16.0 Å². The molecule has 0 radical (unpaired) electrons. The number of nitrogens with one attached hydrogen (secondary N) is 1. The molecule has 5 heteroatoms. The number of halogens is 2. The lowest BCUT2D eigenvalue weighted by molar-refractivity contribution is 0.414. The molecule has 0 aliphatic rings. The van der Waals surface area contributed by atoms with E-state index in [4.69, 9.17) is 33.8 Å². The van der Waals surface area contributed by atoms with E-state index in [9.17, 15) is 0 Å². The molecule has 0 aromatic heterocycles. The summed E-state index contributed by atoms with van der Waals surface area (Å²) < 4.78 is 5.03. The van der Waals surface area contributed by atoms with Gasteiger partial charge in [0, 0.05) is 17.1 Å². The van der Waals surface area contributed by atoms with Crippen LogP contribution in [0.25, 0.3) is 0 Å². The zero-order valence-corrected chi connectivity index (χ0v) is 9.49. The molecule has 3 nitrogen and oxygen atoms in total. The number of methoxy groups -OCH3 is 1. The Hall–Kier alpha value is -0.480. The zero-order valence-electron chi connectivity index (χ0n) is 7.97. The molecule has 0 aliphatic carbocycles. The molecule has 3 N–H and O–H groups in total. The molecule has 0 saturated carbocycles. The summed E-state index contributed by atoms with van der Waals surface area (Å²) >= 11 is 12.0. The fourth-order valence-corrected chi connectivity index (χ4v) is 1.69. The third-order valence-corrected chi connectivity index (χ3v) is 2.61. The molecule has 0 saturated heterocycles. The van der Waals surface area contributed by atoms with Crippen molar-refractivity contribution in [1.29, 1.82) is 0 Å². The fraction of sp³-hybridized carbons (Fsp3) is 0.333. The van der Waals surface area contributed by atoms with E-state index >= 15 is 0 Å².